The number of anilines is 2. The molecule has 29 heavy (non-hydrogen) atoms. The van der Waals surface area contributed by atoms with E-state index >= 15 is 0 Å². The summed E-state index contributed by atoms with van der Waals surface area (Å²) in [7, 11) is -4.01. The van der Waals surface area contributed by atoms with Crippen LogP contribution in [0, 0.1) is 5.92 Å². The van der Waals surface area contributed by atoms with E-state index in [1.165, 1.54) is 33.6 Å². The van der Waals surface area contributed by atoms with E-state index < -0.39 is 27.6 Å². The molecule has 1 N–H and O–H groups in total. The van der Waals surface area contributed by atoms with E-state index in [1.54, 1.807) is 29.6 Å². The molecule has 3 aromatic rings. The number of para-hydroxylation sites is 1. The van der Waals surface area contributed by atoms with Crippen LogP contribution >= 0.6 is 22.7 Å². The van der Waals surface area contributed by atoms with Gasteiger partial charge in [0.25, 0.3) is 10.0 Å². The number of carbonyl (C=O) groups is 2. The third-order valence-corrected chi connectivity index (χ3v) is 7.77. The van der Waals surface area contributed by atoms with Crippen molar-refractivity contribution < 1.29 is 18.0 Å². The molecular formula is C19H13N3O4S3. The van der Waals surface area contributed by atoms with Gasteiger partial charge in [-0.3, -0.25) is 9.59 Å². The Hall–Kier alpha value is -2.82. The number of rotatable bonds is 3. The Bertz CT molecular complexity index is 1280. The molecule has 5 rings (SSSR count). The van der Waals surface area contributed by atoms with Gasteiger partial charge in [-0.1, -0.05) is 12.1 Å². The molecule has 2 aromatic heterocycles. The van der Waals surface area contributed by atoms with Gasteiger partial charge in [-0.05, 0) is 46.0 Å². The molecule has 4 heterocycles. The van der Waals surface area contributed by atoms with Crippen LogP contribution in [0.15, 0.2) is 61.8 Å². The highest BCUT2D eigenvalue weighted by Gasteiger charge is 2.45. The van der Waals surface area contributed by atoms with E-state index in [1.807, 2.05) is 16.8 Å². The Balaban J connectivity index is 1.60. The number of carbonyl (C=O) groups excluding carboxylic acids is 2. The van der Waals surface area contributed by atoms with Gasteiger partial charge in [-0.25, -0.2) is 0 Å². The average Bonchev–Trinajstić information content (AvgIpc) is 3.37. The number of amidine groups is 1. The fourth-order valence-electron chi connectivity index (χ4n) is 3.45. The summed E-state index contributed by atoms with van der Waals surface area (Å²) in [4.78, 5) is 28.4. The van der Waals surface area contributed by atoms with Crippen molar-refractivity contribution in [1.29, 1.82) is 0 Å². The van der Waals surface area contributed by atoms with Crippen LogP contribution in [0.3, 0.4) is 0 Å². The molecule has 7 nitrogen and oxygen atoms in total. The predicted octanol–water partition coefficient (Wildman–Crippen LogP) is 3.37. The molecule has 2 aliphatic heterocycles. The molecule has 1 amide bonds. The van der Waals surface area contributed by atoms with E-state index in [2.05, 4.69) is 9.71 Å². The SMILES string of the molecule is O=C1c2sccc2N(Cc2ccsc2)C(=O)C1C1=NS(=O)(=O)c2ccccc2N1. The lowest BCUT2D eigenvalue weighted by molar-refractivity contribution is -0.119. The average molecular weight is 444 g/mol. The van der Waals surface area contributed by atoms with Gasteiger partial charge in [-0.2, -0.15) is 19.8 Å². The monoisotopic (exact) mass is 443 g/mol. The van der Waals surface area contributed by atoms with Crippen molar-refractivity contribution >= 4 is 61.6 Å². The van der Waals surface area contributed by atoms with Gasteiger partial charge >= 0.3 is 0 Å². The number of nitrogens with one attached hydrogen (secondary N) is 1. The summed E-state index contributed by atoms with van der Waals surface area (Å²) in [5.41, 5.74) is 1.79. The Morgan fingerprint density at radius 2 is 1.93 bits per heavy atom. The third kappa shape index (κ3) is 2.91. The molecular weight excluding hydrogens is 430 g/mol. The summed E-state index contributed by atoms with van der Waals surface area (Å²) < 4.78 is 29.0. The summed E-state index contributed by atoms with van der Waals surface area (Å²) >= 11 is 2.75. The zero-order chi connectivity index (χ0) is 20.2. The minimum absolute atomic E-state index is 0.0198. The number of sulfonamides is 1. The fraction of sp³-hybridized carbons (Fsp3) is 0.105. The van der Waals surface area contributed by atoms with Crippen molar-refractivity contribution in [3.63, 3.8) is 0 Å². The lowest BCUT2D eigenvalue weighted by atomic mass is 9.94. The molecule has 0 saturated carbocycles. The second kappa shape index (κ2) is 6.61. The van der Waals surface area contributed by atoms with Crippen LogP contribution < -0.4 is 10.2 Å². The molecule has 0 spiro atoms. The maximum atomic E-state index is 13.3. The number of ketones is 1. The summed E-state index contributed by atoms with van der Waals surface area (Å²) in [6, 6.07) is 9.93. The van der Waals surface area contributed by atoms with Crippen molar-refractivity contribution in [2.75, 3.05) is 10.2 Å². The molecule has 1 unspecified atom stereocenters. The second-order valence-corrected chi connectivity index (χ2v) is 9.83. The van der Waals surface area contributed by atoms with Crippen molar-refractivity contribution in [2.45, 2.75) is 11.4 Å². The number of Topliss-reactive ketones (excluding diaryl/α,β-unsaturated/α-hetero) is 1. The maximum Gasteiger partial charge on any atom is 0.286 e. The molecule has 1 aromatic carbocycles. The zero-order valence-electron chi connectivity index (χ0n) is 14.7. The summed E-state index contributed by atoms with van der Waals surface area (Å²) in [6.07, 6.45) is 0. The molecule has 0 radical (unpaired) electrons. The first-order valence-electron chi connectivity index (χ1n) is 8.61. The number of fused-ring (bicyclic) bond motifs is 2. The lowest BCUT2D eigenvalue weighted by Gasteiger charge is -2.32. The largest absolute Gasteiger partial charge is 0.341 e. The van der Waals surface area contributed by atoms with Gasteiger partial charge in [0.15, 0.2) is 11.7 Å². The summed E-state index contributed by atoms with van der Waals surface area (Å²) in [6.45, 7) is 0.298. The molecule has 0 saturated heterocycles. The highest BCUT2D eigenvalue weighted by atomic mass is 32.2. The highest BCUT2D eigenvalue weighted by Crippen LogP contribution is 2.38. The van der Waals surface area contributed by atoms with E-state index in [0.717, 1.165) is 5.56 Å². The number of thiophene rings is 2. The first-order chi connectivity index (χ1) is 14.0. The summed E-state index contributed by atoms with van der Waals surface area (Å²) in [5, 5.41) is 8.49. The number of amides is 1. The molecule has 2 aliphatic rings. The fourth-order valence-corrected chi connectivity index (χ4v) is 6.13. The van der Waals surface area contributed by atoms with Crippen LogP contribution in [0.5, 0.6) is 0 Å². The van der Waals surface area contributed by atoms with Crippen molar-refractivity contribution in [1.82, 2.24) is 0 Å². The van der Waals surface area contributed by atoms with E-state index in [9.17, 15) is 18.0 Å². The minimum atomic E-state index is -4.01. The maximum absolute atomic E-state index is 13.3. The van der Waals surface area contributed by atoms with Gasteiger partial charge in [-0.15, -0.1) is 15.7 Å². The van der Waals surface area contributed by atoms with Crippen LogP contribution in [0.2, 0.25) is 0 Å². The smallest absolute Gasteiger partial charge is 0.286 e. The molecule has 0 bridgehead atoms. The molecule has 146 valence electrons. The number of hydrogen-bond donors (Lipinski definition) is 1. The van der Waals surface area contributed by atoms with Gasteiger partial charge in [0.05, 0.1) is 22.8 Å². The first-order valence-corrected chi connectivity index (χ1v) is 11.9. The lowest BCUT2D eigenvalue weighted by Crippen LogP contribution is -2.49. The van der Waals surface area contributed by atoms with Gasteiger partial charge in [0.2, 0.25) is 5.91 Å². The summed E-state index contributed by atoms with van der Waals surface area (Å²) in [5.74, 6) is -2.42. The quantitative estimate of drug-likeness (QED) is 0.626. The van der Waals surface area contributed by atoms with E-state index in [4.69, 9.17) is 0 Å². The molecule has 0 fully saturated rings. The van der Waals surface area contributed by atoms with Crippen LogP contribution in [0.25, 0.3) is 0 Å². The van der Waals surface area contributed by atoms with Crippen LogP contribution in [-0.2, 0) is 21.4 Å². The molecule has 0 aliphatic carbocycles. The van der Waals surface area contributed by atoms with Gasteiger partial charge < -0.3 is 10.2 Å². The number of hydrogen-bond acceptors (Lipinski definition) is 7. The Morgan fingerprint density at radius 1 is 1.10 bits per heavy atom. The topological polar surface area (TPSA) is 95.9 Å². The van der Waals surface area contributed by atoms with Gasteiger partial charge in [0, 0.05) is 0 Å². The van der Waals surface area contributed by atoms with E-state index in [0.29, 0.717) is 22.8 Å². The van der Waals surface area contributed by atoms with Gasteiger partial charge in [0.1, 0.15) is 10.7 Å². The number of benzene rings is 1. The van der Waals surface area contributed by atoms with Crippen molar-refractivity contribution in [3.05, 3.63) is 63.0 Å². The predicted molar refractivity (Wildman–Crippen MR) is 112 cm³/mol. The third-order valence-electron chi connectivity index (χ3n) is 4.77. The van der Waals surface area contributed by atoms with Crippen LogP contribution in [0.4, 0.5) is 11.4 Å². The normalized spacial score (nSPS) is 19.9. The molecule has 1 atom stereocenters. The van der Waals surface area contributed by atoms with Crippen LogP contribution in [0.1, 0.15) is 15.2 Å². The Morgan fingerprint density at radius 3 is 2.72 bits per heavy atom. The molecule has 10 heteroatoms. The van der Waals surface area contributed by atoms with Crippen LogP contribution in [-0.4, -0.2) is 25.9 Å². The zero-order valence-corrected chi connectivity index (χ0v) is 17.2. The standard InChI is InChI=1S/C19H13N3O4S3/c23-16-15(18-20-12-3-1-2-4-14(12)29(25,26)21-18)19(24)22(9-11-5-7-27-10-11)13-6-8-28-17(13)16/h1-8,10,15H,9H2,(H,20,21). The first kappa shape index (κ1) is 18.2. The van der Waals surface area contributed by atoms with E-state index in [-0.39, 0.29) is 10.7 Å². The highest BCUT2D eigenvalue weighted by molar-refractivity contribution is 7.90. The number of nitrogens with zero attached hydrogens (tertiary/aromatic N) is 2. The Kier molecular flexibility index (Phi) is 4.16. The van der Waals surface area contributed by atoms with Crippen molar-refractivity contribution in [3.8, 4) is 0 Å². The second-order valence-electron chi connectivity index (χ2n) is 6.56. The minimum Gasteiger partial charge on any atom is -0.341 e. The Labute approximate surface area is 174 Å². The van der Waals surface area contributed by atoms with Crippen molar-refractivity contribution in [2.24, 2.45) is 10.3 Å².